The van der Waals surface area contributed by atoms with Gasteiger partial charge in [0.05, 0.1) is 33.9 Å². The van der Waals surface area contributed by atoms with E-state index in [9.17, 15) is 4.79 Å². The van der Waals surface area contributed by atoms with E-state index < -0.39 is 0 Å². The molecule has 24 heavy (non-hydrogen) atoms. The van der Waals surface area contributed by atoms with Gasteiger partial charge < -0.3 is 19.7 Å². The molecule has 0 saturated carbocycles. The number of likely N-dealkylation sites (tertiary alicyclic amines) is 1. The molecule has 5 nitrogen and oxygen atoms in total. The lowest BCUT2D eigenvalue weighted by atomic mass is 10.0. The van der Waals surface area contributed by atoms with Crippen molar-refractivity contribution in [3.8, 4) is 11.5 Å². The molecule has 132 valence electrons. The zero-order chi connectivity index (χ0) is 17.4. The number of para-hydroxylation sites is 1. The number of carbonyl (C=O) groups is 1. The second kappa shape index (κ2) is 9.33. The van der Waals surface area contributed by atoms with E-state index in [-0.39, 0.29) is 11.9 Å². The van der Waals surface area contributed by atoms with Gasteiger partial charge in [0.15, 0.2) is 11.5 Å². The van der Waals surface area contributed by atoms with E-state index in [1.807, 2.05) is 18.2 Å². The van der Waals surface area contributed by atoms with Gasteiger partial charge in [-0.1, -0.05) is 19.1 Å². The first-order chi connectivity index (χ1) is 11.7. The summed E-state index contributed by atoms with van der Waals surface area (Å²) < 4.78 is 10.6. The van der Waals surface area contributed by atoms with Crippen molar-refractivity contribution in [2.75, 3.05) is 33.9 Å². The summed E-state index contributed by atoms with van der Waals surface area (Å²) in [5.41, 5.74) is 0.828. The van der Waals surface area contributed by atoms with Crippen molar-refractivity contribution < 1.29 is 19.2 Å². The fraction of sp³-hybridized carbons (Fsp3) is 0.526. The summed E-state index contributed by atoms with van der Waals surface area (Å²) in [6, 6.07) is 5.90. The molecule has 1 heterocycles. The van der Waals surface area contributed by atoms with Crippen LogP contribution in [0.25, 0.3) is 6.08 Å². The minimum atomic E-state index is -0.0520. The topological polar surface area (TPSA) is 52.0 Å². The third-order valence-electron chi connectivity index (χ3n) is 4.49. The van der Waals surface area contributed by atoms with Crippen molar-refractivity contribution in [2.45, 2.75) is 32.2 Å². The molecule has 2 N–H and O–H groups in total. The van der Waals surface area contributed by atoms with E-state index in [1.165, 1.54) is 13.0 Å². The quantitative estimate of drug-likeness (QED) is 0.740. The molecule has 0 aliphatic carbocycles. The summed E-state index contributed by atoms with van der Waals surface area (Å²) in [7, 11) is 3.20. The van der Waals surface area contributed by atoms with Crippen molar-refractivity contribution in [1.82, 2.24) is 5.32 Å². The third-order valence-corrected chi connectivity index (χ3v) is 4.49. The highest BCUT2D eigenvalue weighted by atomic mass is 16.5. The molecule has 0 bridgehead atoms. The molecule has 1 saturated heterocycles. The van der Waals surface area contributed by atoms with Crippen LogP contribution in [0, 0.1) is 0 Å². The number of nitrogens with one attached hydrogen (secondary N) is 2. The maximum atomic E-state index is 12.2. The van der Waals surface area contributed by atoms with Crippen LogP contribution >= 0.6 is 0 Å². The minimum Gasteiger partial charge on any atom is -0.493 e. The Hall–Kier alpha value is -2.01. The summed E-state index contributed by atoms with van der Waals surface area (Å²) in [5.74, 6) is 1.25. The summed E-state index contributed by atoms with van der Waals surface area (Å²) in [6.07, 6.45) is 6.67. The zero-order valence-corrected chi connectivity index (χ0v) is 14.9. The van der Waals surface area contributed by atoms with Gasteiger partial charge >= 0.3 is 0 Å². The van der Waals surface area contributed by atoms with Gasteiger partial charge in [0.25, 0.3) is 0 Å². The average molecular weight is 333 g/mol. The number of rotatable bonds is 7. The van der Waals surface area contributed by atoms with Crippen LogP contribution < -0.4 is 19.7 Å². The van der Waals surface area contributed by atoms with Crippen LogP contribution in [0.15, 0.2) is 24.3 Å². The lowest BCUT2D eigenvalue weighted by molar-refractivity contribution is -0.905. The SMILES string of the molecule is CCC[NH+]1CCC(NC(=O)/C=C/c2cccc(OC)c2OC)CC1. The molecule has 1 aromatic rings. The average Bonchev–Trinajstić information content (AvgIpc) is 2.61. The predicted octanol–water partition coefficient (Wildman–Crippen LogP) is 1.29. The van der Waals surface area contributed by atoms with Crippen molar-refractivity contribution in [1.29, 1.82) is 0 Å². The Labute approximate surface area is 144 Å². The molecule has 0 radical (unpaired) electrons. The van der Waals surface area contributed by atoms with Crippen LogP contribution in [-0.2, 0) is 4.79 Å². The fourth-order valence-electron chi connectivity index (χ4n) is 3.23. The number of quaternary nitrogens is 1. The van der Waals surface area contributed by atoms with Crippen LogP contribution in [0.5, 0.6) is 11.5 Å². The van der Waals surface area contributed by atoms with Gasteiger partial charge in [-0.3, -0.25) is 4.79 Å². The third kappa shape index (κ3) is 4.99. The second-order valence-corrected chi connectivity index (χ2v) is 6.20. The maximum Gasteiger partial charge on any atom is 0.244 e. The number of carbonyl (C=O) groups excluding carboxylic acids is 1. The highest BCUT2D eigenvalue weighted by Gasteiger charge is 2.22. The molecular weight excluding hydrogens is 304 g/mol. The van der Waals surface area contributed by atoms with Crippen molar-refractivity contribution in [2.24, 2.45) is 0 Å². The summed E-state index contributed by atoms with van der Waals surface area (Å²) >= 11 is 0. The van der Waals surface area contributed by atoms with E-state index in [2.05, 4.69) is 12.2 Å². The standard InChI is InChI=1S/C19H28N2O3/c1-4-12-21-13-10-16(11-14-21)20-18(22)9-8-15-6-5-7-17(23-2)19(15)24-3/h5-9,16H,4,10-14H2,1-3H3,(H,20,22)/p+1/b9-8+. The molecule has 0 aromatic heterocycles. The van der Waals surface area contributed by atoms with E-state index >= 15 is 0 Å². The van der Waals surface area contributed by atoms with Gasteiger partial charge in [0, 0.05) is 30.5 Å². The number of benzene rings is 1. The lowest BCUT2D eigenvalue weighted by Crippen LogP contribution is -3.13. The summed E-state index contributed by atoms with van der Waals surface area (Å²) in [5, 5.41) is 3.11. The minimum absolute atomic E-state index is 0.0520. The normalized spacial score (nSPS) is 20.8. The molecule has 1 amide bonds. The van der Waals surface area contributed by atoms with Crippen molar-refractivity contribution in [3.63, 3.8) is 0 Å². The molecule has 1 aromatic carbocycles. The van der Waals surface area contributed by atoms with Crippen LogP contribution in [0.3, 0.4) is 0 Å². The molecule has 0 unspecified atom stereocenters. The van der Waals surface area contributed by atoms with Crippen molar-refractivity contribution >= 4 is 12.0 Å². The van der Waals surface area contributed by atoms with E-state index in [0.717, 1.165) is 31.5 Å². The van der Waals surface area contributed by atoms with Crippen LogP contribution in [0.4, 0.5) is 0 Å². The van der Waals surface area contributed by atoms with Gasteiger partial charge in [-0.25, -0.2) is 0 Å². The number of hydrogen-bond acceptors (Lipinski definition) is 3. The van der Waals surface area contributed by atoms with E-state index in [4.69, 9.17) is 9.47 Å². The molecule has 1 fully saturated rings. The molecule has 2 rings (SSSR count). The molecule has 1 aliphatic rings. The summed E-state index contributed by atoms with van der Waals surface area (Å²) in [4.78, 5) is 13.8. The Balaban J connectivity index is 1.90. The van der Waals surface area contributed by atoms with Gasteiger partial charge in [-0.15, -0.1) is 0 Å². The van der Waals surface area contributed by atoms with Gasteiger partial charge in [-0.2, -0.15) is 0 Å². The zero-order valence-electron chi connectivity index (χ0n) is 14.9. The Morgan fingerprint density at radius 1 is 1.29 bits per heavy atom. The monoisotopic (exact) mass is 333 g/mol. The van der Waals surface area contributed by atoms with Gasteiger partial charge in [0.2, 0.25) is 5.91 Å². The molecular formula is C19H29N2O3+. The van der Waals surface area contributed by atoms with Crippen LogP contribution in [0.2, 0.25) is 0 Å². The first-order valence-electron chi connectivity index (χ1n) is 8.71. The van der Waals surface area contributed by atoms with E-state index in [0.29, 0.717) is 11.5 Å². The van der Waals surface area contributed by atoms with Gasteiger partial charge in [-0.05, 0) is 18.6 Å². The lowest BCUT2D eigenvalue weighted by Gasteiger charge is -2.29. The molecule has 5 heteroatoms. The fourth-order valence-corrected chi connectivity index (χ4v) is 3.23. The van der Waals surface area contributed by atoms with E-state index in [1.54, 1.807) is 31.3 Å². The summed E-state index contributed by atoms with van der Waals surface area (Å²) in [6.45, 7) is 5.74. The Morgan fingerprint density at radius 3 is 2.67 bits per heavy atom. The predicted molar refractivity (Wildman–Crippen MR) is 95.6 cm³/mol. The van der Waals surface area contributed by atoms with Gasteiger partial charge in [0.1, 0.15) is 0 Å². The Kier molecular flexibility index (Phi) is 7.12. The Bertz CT molecular complexity index is 564. The molecule has 0 spiro atoms. The number of ether oxygens (including phenoxy) is 2. The van der Waals surface area contributed by atoms with Crippen LogP contribution in [0.1, 0.15) is 31.7 Å². The first-order valence-corrected chi connectivity index (χ1v) is 8.71. The molecule has 0 atom stereocenters. The highest BCUT2D eigenvalue weighted by molar-refractivity contribution is 5.92. The first kappa shape index (κ1) is 18.3. The second-order valence-electron chi connectivity index (χ2n) is 6.20. The number of amides is 1. The number of hydrogen-bond donors (Lipinski definition) is 2. The Morgan fingerprint density at radius 2 is 2.04 bits per heavy atom. The number of piperidine rings is 1. The molecule has 1 aliphatic heterocycles. The largest absolute Gasteiger partial charge is 0.493 e. The number of methoxy groups -OCH3 is 2. The maximum absolute atomic E-state index is 12.2. The smallest absolute Gasteiger partial charge is 0.244 e. The van der Waals surface area contributed by atoms with Crippen molar-refractivity contribution in [3.05, 3.63) is 29.8 Å². The van der Waals surface area contributed by atoms with Crippen LogP contribution in [-0.4, -0.2) is 45.8 Å². The highest BCUT2D eigenvalue weighted by Crippen LogP contribution is 2.31.